The van der Waals surface area contributed by atoms with Gasteiger partial charge < -0.3 is 0 Å². The predicted molar refractivity (Wildman–Crippen MR) is 43.2 cm³/mol. The van der Waals surface area contributed by atoms with E-state index in [0.717, 1.165) is 11.6 Å². The van der Waals surface area contributed by atoms with Crippen molar-refractivity contribution in [3.05, 3.63) is 0 Å². The van der Waals surface area contributed by atoms with Crippen LogP contribution < -0.4 is 0 Å². The van der Waals surface area contributed by atoms with E-state index in [1.54, 1.807) is 0 Å². The zero-order valence-corrected chi connectivity index (χ0v) is 7.30. The van der Waals surface area contributed by atoms with Crippen LogP contribution in [0.1, 0.15) is 33.6 Å². The molecule has 0 aliphatic heterocycles. The smallest absolute Gasteiger partial charge is 0.0241 e. The molecule has 0 saturated heterocycles. The molecule has 2 unspecified atom stereocenters. The van der Waals surface area contributed by atoms with Crippen LogP contribution in [0.25, 0.3) is 0 Å². The number of hydrogen-bond donors (Lipinski definition) is 0. The Morgan fingerprint density at radius 1 is 1.38 bits per heavy atom. The van der Waals surface area contributed by atoms with Gasteiger partial charge in [0.05, 0.1) is 0 Å². The summed E-state index contributed by atoms with van der Waals surface area (Å²) in [6.07, 6.45) is 2.66. The standard InChI is InChI=1S/C7H17P/c1-4-5-7(8)6(2)3/h6-7H,4-5,8H2,1-3H3. The van der Waals surface area contributed by atoms with Gasteiger partial charge in [0.2, 0.25) is 0 Å². The Labute approximate surface area is 55.3 Å². The first-order chi connectivity index (χ1) is 3.68. The topological polar surface area (TPSA) is 0 Å². The number of rotatable bonds is 3. The summed E-state index contributed by atoms with van der Waals surface area (Å²) in [5.41, 5.74) is 0.833. The van der Waals surface area contributed by atoms with Crippen LogP contribution in [0.2, 0.25) is 0 Å². The van der Waals surface area contributed by atoms with Gasteiger partial charge in [-0.3, -0.25) is 0 Å². The molecule has 8 heavy (non-hydrogen) atoms. The van der Waals surface area contributed by atoms with Crippen molar-refractivity contribution < 1.29 is 0 Å². The molecule has 0 aromatic heterocycles. The fourth-order valence-electron chi connectivity index (χ4n) is 0.667. The van der Waals surface area contributed by atoms with E-state index in [4.69, 9.17) is 0 Å². The fourth-order valence-corrected chi connectivity index (χ4v) is 1.00. The first-order valence-corrected chi connectivity index (χ1v) is 4.10. The van der Waals surface area contributed by atoms with Crippen molar-refractivity contribution >= 4 is 9.24 Å². The van der Waals surface area contributed by atoms with Crippen LogP contribution >= 0.6 is 9.24 Å². The molecule has 1 heteroatoms. The highest BCUT2D eigenvalue weighted by atomic mass is 31.0. The first-order valence-electron chi connectivity index (χ1n) is 3.44. The van der Waals surface area contributed by atoms with Crippen molar-refractivity contribution in [2.75, 3.05) is 0 Å². The van der Waals surface area contributed by atoms with Crippen LogP contribution in [-0.2, 0) is 0 Å². The maximum atomic E-state index is 2.89. The molecule has 0 radical (unpaired) electrons. The molecule has 0 bridgehead atoms. The number of hydrogen-bond acceptors (Lipinski definition) is 0. The van der Waals surface area contributed by atoms with Crippen molar-refractivity contribution in [3.8, 4) is 0 Å². The Hall–Kier alpha value is 0.430. The van der Waals surface area contributed by atoms with Crippen LogP contribution in [-0.4, -0.2) is 5.66 Å². The largest absolute Gasteiger partial charge is 0.134 e. The predicted octanol–water partition coefficient (Wildman–Crippen LogP) is 2.69. The molecule has 50 valence electrons. The molecule has 0 saturated carbocycles. The molecule has 0 amide bonds. The first kappa shape index (κ1) is 8.43. The average molecular weight is 132 g/mol. The molecule has 0 fully saturated rings. The van der Waals surface area contributed by atoms with E-state index in [1.165, 1.54) is 12.8 Å². The molecular weight excluding hydrogens is 115 g/mol. The van der Waals surface area contributed by atoms with Crippen molar-refractivity contribution in [1.29, 1.82) is 0 Å². The van der Waals surface area contributed by atoms with Gasteiger partial charge in [-0.15, -0.1) is 9.24 Å². The lowest BCUT2D eigenvalue weighted by atomic mass is 10.1. The summed E-state index contributed by atoms with van der Waals surface area (Å²) < 4.78 is 0. The Morgan fingerprint density at radius 3 is 2.00 bits per heavy atom. The molecule has 0 aliphatic carbocycles. The van der Waals surface area contributed by atoms with Crippen LogP contribution in [0.4, 0.5) is 0 Å². The van der Waals surface area contributed by atoms with E-state index in [-0.39, 0.29) is 0 Å². The molecule has 0 aliphatic rings. The zero-order chi connectivity index (χ0) is 6.57. The summed E-state index contributed by atoms with van der Waals surface area (Å²) >= 11 is 0. The maximum Gasteiger partial charge on any atom is -0.0241 e. The van der Waals surface area contributed by atoms with Crippen molar-refractivity contribution in [2.24, 2.45) is 5.92 Å². The summed E-state index contributed by atoms with van der Waals surface area (Å²) in [4.78, 5) is 0. The van der Waals surface area contributed by atoms with Crippen LogP contribution in [0.3, 0.4) is 0 Å². The highest BCUT2D eigenvalue weighted by Crippen LogP contribution is 2.16. The normalized spacial score (nSPS) is 14.6. The summed E-state index contributed by atoms with van der Waals surface area (Å²) in [5.74, 6) is 0.833. The third-order valence-corrected chi connectivity index (χ3v) is 2.58. The second-order valence-corrected chi connectivity index (χ2v) is 3.55. The zero-order valence-electron chi connectivity index (χ0n) is 6.15. The summed E-state index contributed by atoms with van der Waals surface area (Å²) in [6.45, 7) is 6.78. The average Bonchev–Trinajstić information content (AvgIpc) is 1.67. The van der Waals surface area contributed by atoms with Gasteiger partial charge in [-0.2, -0.15) is 0 Å². The summed E-state index contributed by atoms with van der Waals surface area (Å²) in [5, 5.41) is 0. The molecule has 0 nitrogen and oxygen atoms in total. The minimum Gasteiger partial charge on any atom is -0.134 e. The fraction of sp³-hybridized carbons (Fsp3) is 1.00. The molecule has 0 aromatic rings. The van der Waals surface area contributed by atoms with Gasteiger partial charge in [0.25, 0.3) is 0 Å². The Kier molecular flexibility index (Phi) is 4.56. The quantitative estimate of drug-likeness (QED) is 0.518. The van der Waals surface area contributed by atoms with E-state index in [0.29, 0.717) is 0 Å². The van der Waals surface area contributed by atoms with Gasteiger partial charge in [-0.25, -0.2) is 0 Å². The van der Waals surface area contributed by atoms with Crippen LogP contribution in [0.15, 0.2) is 0 Å². The van der Waals surface area contributed by atoms with E-state index in [2.05, 4.69) is 30.0 Å². The molecule has 0 heterocycles. The highest BCUT2D eigenvalue weighted by molar-refractivity contribution is 7.17. The van der Waals surface area contributed by atoms with Crippen LogP contribution in [0, 0.1) is 5.92 Å². The Balaban J connectivity index is 3.17. The molecule has 0 rings (SSSR count). The summed E-state index contributed by atoms with van der Waals surface area (Å²) in [6, 6.07) is 0. The molecule has 0 spiro atoms. The van der Waals surface area contributed by atoms with E-state index < -0.39 is 0 Å². The maximum absolute atomic E-state index is 2.89. The van der Waals surface area contributed by atoms with Gasteiger partial charge in [-0.05, 0) is 18.0 Å². The second kappa shape index (κ2) is 4.32. The third kappa shape index (κ3) is 3.43. The van der Waals surface area contributed by atoms with Gasteiger partial charge in [0.1, 0.15) is 0 Å². The molecule has 0 N–H and O–H groups in total. The SMILES string of the molecule is CCCC(P)C(C)C. The second-order valence-electron chi connectivity index (χ2n) is 2.70. The van der Waals surface area contributed by atoms with Gasteiger partial charge in [0, 0.05) is 0 Å². The lowest BCUT2D eigenvalue weighted by Crippen LogP contribution is -2.05. The van der Waals surface area contributed by atoms with Crippen molar-refractivity contribution in [3.63, 3.8) is 0 Å². The van der Waals surface area contributed by atoms with Gasteiger partial charge in [-0.1, -0.05) is 27.2 Å². The van der Waals surface area contributed by atoms with Crippen molar-refractivity contribution in [2.45, 2.75) is 39.3 Å². The minimum atomic E-state index is 0.833. The minimum absolute atomic E-state index is 0.833. The Morgan fingerprint density at radius 2 is 1.88 bits per heavy atom. The monoisotopic (exact) mass is 132 g/mol. The van der Waals surface area contributed by atoms with E-state index in [1.807, 2.05) is 0 Å². The van der Waals surface area contributed by atoms with Gasteiger partial charge in [0.15, 0.2) is 0 Å². The third-order valence-electron chi connectivity index (χ3n) is 1.48. The molecular formula is C7H17P. The van der Waals surface area contributed by atoms with E-state index in [9.17, 15) is 0 Å². The van der Waals surface area contributed by atoms with E-state index >= 15 is 0 Å². The molecule has 0 aromatic carbocycles. The lowest BCUT2D eigenvalue weighted by molar-refractivity contribution is 0.567. The Bertz CT molecular complexity index is 50.3. The molecule has 2 atom stereocenters. The van der Waals surface area contributed by atoms with Gasteiger partial charge >= 0.3 is 0 Å². The highest BCUT2D eigenvalue weighted by Gasteiger charge is 2.03. The lowest BCUT2D eigenvalue weighted by Gasteiger charge is -2.12. The van der Waals surface area contributed by atoms with Crippen LogP contribution in [0.5, 0.6) is 0 Å². The van der Waals surface area contributed by atoms with Crippen molar-refractivity contribution in [1.82, 2.24) is 0 Å². The summed E-state index contributed by atoms with van der Waals surface area (Å²) in [7, 11) is 2.89.